The first-order chi connectivity index (χ1) is 12.5. The van der Waals surface area contributed by atoms with Gasteiger partial charge in [0.2, 0.25) is 0 Å². The molecular formula is C20H17F2N3S. The van der Waals surface area contributed by atoms with Crippen LogP contribution in [0.2, 0.25) is 0 Å². The predicted octanol–water partition coefficient (Wildman–Crippen LogP) is 6.01. The van der Waals surface area contributed by atoms with Gasteiger partial charge >= 0.3 is 0 Å². The Morgan fingerprint density at radius 3 is 2.54 bits per heavy atom. The van der Waals surface area contributed by atoms with Gasteiger partial charge in [0.05, 0.1) is 0 Å². The maximum absolute atomic E-state index is 14.4. The SMILES string of the molecule is Cc1ccccc1Nc1c(-c2ccc(F)cc2F)nc2sc(C)c(C)n12. The Morgan fingerprint density at radius 1 is 1.04 bits per heavy atom. The Balaban J connectivity index is 1.97. The van der Waals surface area contributed by atoms with Crippen LogP contribution < -0.4 is 5.32 Å². The summed E-state index contributed by atoms with van der Waals surface area (Å²) >= 11 is 1.55. The zero-order chi connectivity index (χ0) is 18.4. The van der Waals surface area contributed by atoms with Crippen LogP contribution in [-0.4, -0.2) is 9.38 Å². The number of imidazole rings is 1. The topological polar surface area (TPSA) is 29.3 Å². The van der Waals surface area contributed by atoms with Gasteiger partial charge in [-0.05, 0) is 44.5 Å². The van der Waals surface area contributed by atoms with E-state index in [0.717, 1.165) is 32.8 Å². The molecule has 3 nitrogen and oxygen atoms in total. The van der Waals surface area contributed by atoms with Gasteiger partial charge in [-0.3, -0.25) is 4.40 Å². The average Bonchev–Trinajstić information content (AvgIpc) is 3.07. The van der Waals surface area contributed by atoms with Crippen molar-refractivity contribution in [3.05, 3.63) is 70.2 Å². The standard InChI is InChI=1S/C20H17F2N3S/c1-11-6-4-5-7-17(11)23-19-18(15-9-8-14(21)10-16(15)22)24-20-25(19)12(2)13(3)26-20/h4-10,23H,1-3H3. The summed E-state index contributed by atoms with van der Waals surface area (Å²) in [4.78, 5) is 6.56. The number of thiazole rings is 1. The fourth-order valence-electron chi connectivity index (χ4n) is 2.97. The molecule has 2 heterocycles. The van der Waals surface area contributed by atoms with Crippen molar-refractivity contribution in [1.29, 1.82) is 0 Å². The van der Waals surface area contributed by atoms with Crippen LogP contribution in [-0.2, 0) is 0 Å². The largest absolute Gasteiger partial charge is 0.339 e. The Morgan fingerprint density at radius 2 is 1.81 bits per heavy atom. The van der Waals surface area contributed by atoms with E-state index in [1.54, 1.807) is 11.3 Å². The van der Waals surface area contributed by atoms with E-state index < -0.39 is 11.6 Å². The zero-order valence-corrected chi connectivity index (χ0v) is 15.4. The van der Waals surface area contributed by atoms with Gasteiger partial charge < -0.3 is 5.32 Å². The van der Waals surface area contributed by atoms with Gasteiger partial charge in [-0.15, -0.1) is 11.3 Å². The van der Waals surface area contributed by atoms with Crippen LogP contribution >= 0.6 is 11.3 Å². The molecule has 26 heavy (non-hydrogen) atoms. The zero-order valence-electron chi connectivity index (χ0n) is 14.6. The van der Waals surface area contributed by atoms with Gasteiger partial charge in [0.25, 0.3) is 0 Å². The summed E-state index contributed by atoms with van der Waals surface area (Å²) in [5.41, 5.74) is 3.77. The van der Waals surface area contributed by atoms with Gasteiger partial charge in [0.15, 0.2) is 4.96 Å². The second-order valence-electron chi connectivity index (χ2n) is 6.23. The first-order valence-electron chi connectivity index (χ1n) is 8.22. The van der Waals surface area contributed by atoms with Crippen LogP contribution in [0.4, 0.5) is 20.3 Å². The minimum atomic E-state index is -0.627. The summed E-state index contributed by atoms with van der Waals surface area (Å²) in [6.45, 7) is 6.04. The molecule has 0 aliphatic rings. The highest BCUT2D eigenvalue weighted by Gasteiger charge is 2.21. The quantitative estimate of drug-likeness (QED) is 0.479. The Kier molecular flexibility index (Phi) is 4.00. The summed E-state index contributed by atoms with van der Waals surface area (Å²) in [6.07, 6.45) is 0. The lowest BCUT2D eigenvalue weighted by molar-refractivity contribution is 0.585. The van der Waals surface area contributed by atoms with Crippen LogP contribution in [0.1, 0.15) is 16.1 Å². The number of halogens is 2. The molecule has 0 saturated heterocycles. The highest BCUT2D eigenvalue weighted by atomic mass is 32.1. The van der Waals surface area contributed by atoms with Crippen molar-refractivity contribution in [3.8, 4) is 11.3 Å². The van der Waals surface area contributed by atoms with Gasteiger partial charge in [-0.2, -0.15) is 0 Å². The molecule has 132 valence electrons. The maximum atomic E-state index is 14.4. The van der Waals surface area contributed by atoms with E-state index in [9.17, 15) is 8.78 Å². The molecule has 0 radical (unpaired) electrons. The number of rotatable bonds is 3. The first-order valence-corrected chi connectivity index (χ1v) is 9.04. The number of aromatic nitrogens is 2. The van der Waals surface area contributed by atoms with E-state index in [2.05, 4.69) is 10.3 Å². The molecule has 4 rings (SSSR count). The molecule has 0 atom stereocenters. The number of nitrogens with zero attached hydrogens (tertiary/aromatic N) is 2. The van der Waals surface area contributed by atoms with Crippen LogP contribution in [0.5, 0.6) is 0 Å². The molecule has 0 unspecified atom stereocenters. The molecule has 0 aliphatic heterocycles. The second kappa shape index (κ2) is 6.21. The fraction of sp³-hybridized carbons (Fsp3) is 0.150. The third kappa shape index (κ3) is 2.66. The number of anilines is 2. The lowest BCUT2D eigenvalue weighted by atomic mass is 10.1. The van der Waals surface area contributed by atoms with E-state index in [4.69, 9.17) is 0 Å². The summed E-state index contributed by atoms with van der Waals surface area (Å²) in [5, 5.41) is 3.41. The number of benzene rings is 2. The molecule has 6 heteroatoms. The van der Waals surface area contributed by atoms with Crippen molar-refractivity contribution >= 4 is 27.8 Å². The Labute approximate surface area is 153 Å². The number of hydrogen-bond donors (Lipinski definition) is 1. The smallest absolute Gasteiger partial charge is 0.196 e. The molecule has 2 aromatic heterocycles. The van der Waals surface area contributed by atoms with E-state index in [1.807, 2.05) is 49.4 Å². The average molecular weight is 369 g/mol. The minimum Gasteiger partial charge on any atom is -0.339 e. The Hall–Kier alpha value is -2.73. The Bertz CT molecular complexity index is 1130. The summed E-state index contributed by atoms with van der Waals surface area (Å²) in [7, 11) is 0. The molecule has 2 aromatic carbocycles. The number of hydrogen-bond acceptors (Lipinski definition) is 3. The molecule has 1 N–H and O–H groups in total. The van der Waals surface area contributed by atoms with E-state index in [1.165, 1.54) is 12.1 Å². The molecule has 0 saturated carbocycles. The van der Waals surface area contributed by atoms with E-state index in [-0.39, 0.29) is 5.56 Å². The molecule has 0 aliphatic carbocycles. The lowest BCUT2D eigenvalue weighted by Gasteiger charge is -2.12. The third-order valence-electron chi connectivity index (χ3n) is 4.52. The normalized spacial score (nSPS) is 11.3. The van der Waals surface area contributed by atoms with Crippen LogP contribution in [0.25, 0.3) is 16.2 Å². The van der Waals surface area contributed by atoms with Gasteiger partial charge in [-0.25, -0.2) is 13.8 Å². The van der Waals surface area contributed by atoms with Crippen LogP contribution in [0, 0.1) is 32.4 Å². The maximum Gasteiger partial charge on any atom is 0.196 e. The summed E-state index contributed by atoms with van der Waals surface area (Å²) in [5.74, 6) is -0.549. The first kappa shape index (κ1) is 16.7. The number of fused-ring (bicyclic) bond motifs is 1. The molecule has 0 spiro atoms. The lowest BCUT2D eigenvalue weighted by Crippen LogP contribution is -2.00. The monoisotopic (exact) mass is 369 g/mol. The van der Waals surface area contributed by atoms with Crippen molar-refractivity contribution < 1.29 is 8.78 Å². The number of nitrogens with one attached hydrogen (secondary N) is 1. The van der Waals surface area contributed by atoms with Crippen molar-refractivity contribution in [3.63, 3.8) is 0 Å². The second-order valence-corrected chi connectivity index (χ2v) is 7.42. The van der Waals surface area contributed by atoms with Crippen molar-refractivity contribution in [1.82, 2.24) is 9.38 Å². The molecular weight excluding hydrogens is 352 g/mol. The molecule has 0 fully saturated rings. The van der Waals surface area contributed by atoms with Crippen molar-refractivity contribution in [2.45, 2.75) is 20.8 Å². The van der Waals surface area contributed by atoms with Crippen LogP contribution in [0.3, 0.4) is 0 Å². The third-order valence-corrected chi connectivity index (χ3v) is 5.58. The number of aryl methyl sites for hydroxylation is 3. The summed E-state index contributed by atoms with van der Waals surface area (Å²) in [6, 6.07) is 11.4. The fourth-order valence-corrected chi connectivity index (χ4v) is 3.94. The molecule has 0 bridgehead atoms. The molecule has 4 aromatic rings. The van der Waals surface area contributed by atoms with Gasteiger partial charge in [0, 0.05) is 27.9 Å². The van der Waals surface area contributed by atoms with Crippen molar-refractivity contribution in [2.24, 2.45) is 0 Å². The van der Waals surface area contributed by atoms with E-state index in [0.29, 0.717) is 11.5 Å². The highest BCUT2D eigenvalue weighted by Crippen LogP contribution is 2.37. The van der Waals surface area contributed by atoms with Gasteiger partial charge in [0.1, 0.15) is 23.1 Å². The minimum absolute atomic E-state index is 0.274. The number of para-hydroxylation sites is 1. The predicted molar refractivity (Wildman–Crippen MR) is 102 cm³/mol. The van der Waals surface area contributed by atoms with Gasteiger partial charge in [-0.1, -0.05) is 18.2 Å². The van der Waals surface area contributed by atoms with Crippen LogP contribution in [0.15, 0.2) is 42.5 Å². The molecule has 0 amide bonds. The van der Waals surface area contributed by atoms with Crippen molar-refractivity contribution in [2.75, 3.05) is 5.32 Å². The highest BCUT2D eigenvalue weighted by molar-refractivity contribution is 7.17. The summed E-state index contributed by atoms with van der Waals surface area (Å²) < 4.78 is 29.8. The van der Waals surface area contributed by atoms with E-state index >= 15 is 0 Å².